The first-order chi connectivity index (χ1) is 19.3. The van der Waals surface area contributed by atoms with Gasteiger partial charge in [-0.25, -0.2) is 4.79 Å². The fourth-order valence-electron chi connectivity index (χ4n) is 5.05. The van der Waals surface area contributed by atoms with Crippen molar-refractivity contribution >= 4 is 6.03 Å². The largest absolute Gasteiger partial charge is 0.573 e. The van der Waals surface area contributed by atoms with Crippen molar-refractivity contribution in [1.82, 2.24) is 10.6 Å². The summed E-state index contributed by atoms with van der Waals surface area (Å²) >= 11 is 0. The summed E-state index contributed by atoms with van der Waals surface area (Å²) in [6.45, 7) is 0. The summed E-state index contributed by atoms with van der Waals surface area (Å²) in [7, 11) is 1.45. The quantitative estimate of drug-likeness (QED) is 0.262. The lowest BCUT2D eigenvalue weighted by atomic mass is 9.77. The minimum absolute atomic E-state index is 0.0762. The third-order valence-corrected chi connectivity index (χ3v) is 6.74. The summed E-state index contributed by atoms with van der Waals surface area (Å²) in [4.78, 5) is 13.4. The lowest BCUT2D eigenvalue weighted by Gasteiger charge is -2.37. The molecule has 3 aromatic carbocycles. The van der Waals surface area contributed by atoms with E-state index in [1.807, 2.05) is 0 Å². The van der Waals surface area contributed by atoms with Crippen LogP contribution in [0.25, 0.3) is 0 Å². The van der Waals surface area contributed by atoms with Crippen molar-refractivity contribution in [1.29, 1.82) is 0 Å². The number of hydrogen-bond donors (Lipinski definition) is 2. The van der Waals surface area contributed by atoms with Crippen LogP contribution >= 0.6 is 0 Å². The number of nitrogens with one attached hydrogen (secondary N) is 2. The highest BCUT2D eigenvalue weighted by atomic mass is 19.4. The third kappa shape index (κ3) is 8.21. The number of carbonyl (C=O) groups is 1. The number of urea groups is 1. The maximum atomic E-state index is 13.4. The lowest BCUT2D eigenvalue weighted by molar-refractivity contribution is -0.275. The van der Waals surface area contributed by atoms with Crippen molar-refractivity contribution in [2.45, 2.75) is 56.4 Å². The van der Waals surface area contributed by atoms with Gasteiger partial charge in [-0.05, 0) is 65.9 Å². The molecule has 6 nitrogen and oxygen atoms in total. The predicted molar refractivity (Wildman–Crippen MR) is 138 cm³/mol. The predicted octanol–water partition coefficient (Wildman–Crippen LogP) is 7.22. The normalized spacial score (nSPS) is 14.4. The molecule has 1 aliphatic carbocycles. The van der Waals surface area contributed by atoms with E-state index >= 15 is 0 Å². The van der Waals surface area contributed by atoms with Gasteiger partial charge >= 0.3 is 18.8 Å². The molecule has 0 bridgehead atoms. The molecule has 0 aromatic heterocycles. The number of benzene rings is 3. The Morgan fingerprint density at radius 1 is 0.780 bits per heavy atom. The molecule has 0 aliphatic heterocycles. The van der Waals surface area contributed by atoms with Gasteiger partial charge in [0.1, 0.15) is 17.2 Å². The van der Waals surface area contributed by atoms with Crippen LogP contribution in [-0.4, -0.2) is 31.9 Å². The standard InChI is InChI=1S/C29H28F6N2O4/c1-39-23-12-4-7-19(15-23)18-27(37-26(38)36-22-10-2-3-11-22,20-8-5-13-24(16-20)40-28(30,31)32)21-9-6-14-25(17-21)41-29(33,34)35/h4-9,12-17,22H,2-3,10-11,18H2,1H3,(H2,36,37,38). The van der Waals surface area contributed by atoms with Crippen molar-refractivity contribution in [3.63, 3.8) is 0 Å². The minimum atomic E-state index is -5.00. The summed E-state index contributed by atoms with van der Waals surface area (Å²) in [5.41, 5.74) is -0.833. The van der Waals surface area contributed by atoms with Gasteiger partial charge in [0.05, 0.1) is 12.6 Å². The molecule has 1 saturated carbocycles. The number of halogens is 6. The van der Waals surface area contributed by atoms with Crippen LogP contribution in [0.5, 0.6) is 17.2 Å². The molecule has 3 aromatic rings. The van der Waals surface area contributed by atoms with Gasteiger partial charge in [0.2, 0.25) is 0 Å². The Morgan fingerprint density at radius 2 is 1.29 bits per heavy atom. The molecule has 0 heterocycles. The van der Waals surface area contributed by atoms with Gasteiger partial charge in [-0.15, -0.1) is 26.3 Å². The van der Waals surface area contributed by atoms with Gasteiger partial charge in [-0.1, -0.05) is 49.2 Å². The van der Waals surface area contributed by atoms with E-state index in [9.17, 15) is 31.1 Å². The number of rotatable bonds is 9. The summed E-state index contributed by atoms with van der Waals surface area (Å²) in [5.74, 6) is -0.661. The fraction of sp³-hybridized carbons (Fsp3) is 0.345. The minimum Gasteiger partial charge on any atom is -0.497 e. The zero-order valence-corrected chi connectivity index (χ0v) is 21.9. The van der Waals surface area contributed by atoms with E-state index in [0.717, 1.165) is 49.9 Å². The third-order valence-electron chi connectivity index (χ3n) is 6.74. The molecule has 1 fully saturated rings. The van der Waals surface area contributed by atoms with E-state index in [2.05, 4.69) is 20.1 Å². The SMILES string of the molecule is COc1cccc(CC(NC(=O)NC2CCCC2)(c2cccc(OC(F)(F)F)c2)c2cccc(OC(F)(F)F)c2)c1. The van der Waals surface area contributed by atoms with E-state index in [-0.39, 0.29) is 23.6 Å². The highest BCUT2D eigenvalue weighted by Crippen LogP contribution is 2.39. The molecule has 4 rings (SSSR count). The molecule has 220 valence electrons. The summed E-state index contributed by atoms with van der Waals surface area (Å²) in [6, 6.07) is 15.9. The van der Waals surface area contributed by atoms with Gasteiger partial charge in [-0.3, -0.25) is 0 Å². The number of ether oxygens (including phenoxy) is 3. The van der Waals surface area contributed by atoms with Crippen molar-refractivity contribution in [3.8, 4) is 17.2 Å². The van der Waals surface area contributed by atoms with Crippen LogP contribution in [0.3, 0.4) is 0 Å². The number of alkyl halides is 6. The van der Waals surface area contributed by atoms with Gasteiger partial charge in [0.15, 0.2) is 0 Å². The second kappa shape index (κ2) is 12.2. The van der Waals surface area contributed by atoms with E-state index in [0.29, 0.717) is 11.3 Å². The Hall–Kier alpha value is -4.09. The molecule has 0 unspecified atom stereocenters. The average molecular weight is 583 g/mol. The first kappa shape index (κ1) is 29.9. The summed E-state index contributed by atoms with van der Waals surface area (Å²) < 4.78 is 92.4. The number of hydrogen-bond acceptors (Lipinski definition) is 4. The van der Waals surface area contributed by atoms with E-state index in [1.54, 1.807) is 24.3 Å². The highest BCUT2D eigenvalue weighted by molar-refractivity contribution is 5.76. The summed E-state index contributed by atoms with van der Waals surface area (Å²) in [6.07, 6.45) is -6.72. The number of carbonyl (C=O) groups excluding carboxylic acids is 1. The summed E-state index contributed by atoms with van der Waals surface area (Å²) in [5, 5.41) is 5.78. The molecule has 2 N–H and O–H groups in total. The van der Waals surface area contributed by atoms with Gasteiger partial charge in [0, 0.05) is 12.5 Å². The average Bonchev–Trinajstić information content (AvgIpc) is 3.39. The van der Waals surface area contributed by atoms with E-state index in [1.165, 1.54) is 31.4 Å². The molecule has 12 heteroatoms. The van der Waals surface area contributed by atoms with Crippen LogP contribution in [0, 0.1) is 0 Å². The van der Waals surface area contributed by atoms with Crippen LogP contribution in [0.15, 0.2) is 72.8 Å². The van der Waals surface area contributed by atoms with Crippen LogP contribution in [0.1, 0.15) is 42.4 Å². The first-order valence-electron chi connectivity index (χ1n) is 12.8. The molecule has 2 amide bonds. The highest BCUT2D eigenvalue weighted by Gasteiger charge is 2.40. The van der Waals surface area contributed by atoms with Crippen molar-refractivity contribution in [2.75, 3.05) is 7.11 Å². The van der Waals surface area contributed by atoms with Gasteiger partial charge in [0.25, 0.3) is 0 Å². The molecular formula is C29H28F6N2O4. The Balaban J connectivity index is 1.89. The second-order valence-electron chi connectivity index (χ2n) is 9.66. The molecule has 0 radical (unpaired) electrons. The molecule has 41 heavy (non-hydrogen) atoms. The Morgan fingerprint density at radius 3 is 1.80 bits per heavy atom. The molecular weight excluding hydrogens is 554 g/mol. The van der Waals surface area contributed by atoms with Crippen molar-refractivity contribution < 1.29 is 45.3 Å². The smallest absolute Gasteiger partial charge is 0.497 e. The molecule has 1 aliphatic rings. The molecule has 0 atom stereocenters. The van der Waals surface area contributed by atoms with Crippen LogP contribution in [0.4, 0.5) is 31.1 Å². The lowest BCUT2D eigenvalue weighted by Crippen LogP contribution is -2.53. The maximum Gasteiger partial charge on any atom is 0.573 e. The topological polar surface area (TPSA) is 68.8 Å². The van der Waals surface area contributed by atoms with Gasteiger partial charge in [-0.2, -0.15) is 0 Å². The maximum absolute atomic E-state index is 13.4. The van der Waals surface area contributed by atoms with Crippen molar-refractivity contribution in [3.05, 3.63) is 89.5 Å². The van der Waals surface area contributed by atoms with E-state index < -0.39 is 35.8 Å². The van der Waals surface area contributed by atoms with E-state index in [4.69, 9.17) is 4.74 Å². The van der Waals surface area contributed by atoms with Crippen LogP contribution < -0.4 is 24.8 Å². The van der Waals surface area contributed by atoms with Gasteiger partial charge < -0.3 is 24.8 Å². The Kier molecular flexibility index (Phi) is 8.89. The van der Waals surface area contributed by atoms with Crippen LogP contribution in [-0.2, 0) is 12.0 Å². The fourth-order valence-corrected chi connectivity index (χ4v) is 5.05. The monoisotopic (exact) mass is 582 g/mol. The zero-order valence-electron chi connectivity index (χ0n) is 21.9. The Bertz CT molecular complexity index is 1280. The second-order valence-corrected chi connectivity index (χ2v) is 9.66. The molecule has 0 saturated heterocycles. The number of amides is 2. The van der Waals surface area contributed by atoms with Crippen LogP contribution in [0.2, 0.25) is 0 Å². The Labute approximate surface area is 232 Å². The van der Waals surface area contributed by atoms with Crippen molar-refractivity contribution in [2.24, 2.45) is 0 Å². The first-order valence-corrected chi connectivity index (χ1v) is 12.8. The zero-order chi connectivity index (χ0) is 29.7. The number of methoxy groups -OCH3 is 1. The molecule has 0 spiro atoms.